The van der Waals surface area contributed by atoms with E-state index < -0.39 is 42.6 Å². The highest BCUT2D eigenvalue weighted by Gasteiger charge is 2.50. The van der Waals surface area contributed by atoms with E-state index in [9.17, 15) is 35.4 Å². The molecule has 10 heteroatoms. The highest BCUT2D eigenvalue weighted by Crippen LogP contribution is 2.37. The van der Waals surface area contributed by atoms with Gasteiger partial charge in [-0.15, -0.1) is 0 Å². The van der Waals surface area contributed by atoms with Crippen molar-refractivity contribution in [1.82, 2.24) is 0 Å². The zero-order chi connectivity index (χ0) is 18.9. The van der Waals surface area contributed by atoms with Crippen LogP contribution in [-0.2, 0) is 4.74 Å². The Labute approximate surface area is 142 Å². The minimum atomic E-state index is -1.82. The van der Waals surface area contributed by atoms with Crippen LogP contribution in [0.3, 0.4) is 0 Å². The first-order valence-electron chi connectivity index (χ1n) is 7.29. The molecule has 0 amide bonds. The molecule has 0 saturated heterocycles. The summed E-state index contributed by atoms with van der Waals surface area (Å²) < 4.78 is 14.8. The van der Waals surface area contributed by atoms with Crippen molar-refractivity contribution in [2.75, 3.05) is 14.2 Å². The van der Waals surface area contributed by atoms with E-state index in [2.05, 4.69) is 0 Å². The van der Waals surface area contributed by atoms with Gasteiger partial charge in [0.15, 0.2) is 17.6 Å². The van der Waals surface area contributed by atoms with Crippen LogP contribution in [0.15, 0.2) is 12.1 Å². The minimum absolute atomic E-state index is 0.0773. The number of aliphatic hydroxyl groups excluding tert-OH is 5. The molecule has 1 saturated carbocycles. The van der Waals surface area contributed by atoms with Crippen molar-refractivity contribution in [3.63, 3.8) is 0 Å². The van der Waals surface area contributed by atoms with Gasteiger partial charge in [-0.05, 0) is 12.1 Å². The number of phenols is 1. The number of carbonyl (C=O) groups excluding carboxylic acids is 1. The fourth-order valence-corrected chi connectivity index (χ4v) is 2.54. The van der Waals surface area contributed by atoms with E-state index in [4.69, 9.17) is 14.2 Å². The normalized spacial score (nSPS) is 32.1. The Hall–Kier alpha value is -2.11. The number of ether oxygens (including phenoxy) is 3. The molecule has 0 spiro atoms. The molecule has 1 aromatic carbocycles. The number of methoxy groups -OCH3 is 2. The molecule has 1 aliphatic carbocycles. The molecule has 0 aliphatic heterocycles. The van der Waals surface area contributed by atoms with Crippen molar-refractivity contribution < 1.29 is 49.6 Å². The fraction of sp³-hybridized carbons (Fsp3) is 0.533. The van der Waals surface area contributed by atoms with Gasteiger partial charge in [-0.2, -0.15) is 0 Å². The third-order valence-electron chi connectivity index (χ3n) is 4.03. The van der Waals surface area contributed by atoms with Crippen molar-refractivity contribution in [3.8, 4) is 17.2 Å². The van der Waals surface area contributed by atoms with Crippen molar-refractivity contribution in [3.05, 3.63) is 17.7 Å². The Balaban J connectivity index is 2.27. The largest absolute Gasteiger partial charge is 0.502 e. The van der Waals surface area contributed by atoms with Gasteiger partial charge < -0.3 is 44.8 Å². The SMILES string of the molecule is COc1cc(C(=O)OC2C(O)C(O)C(O)C(O)C2O)cc(OC)c1O. The second kappa shape index (κ2) is 7.42. The summed E-state index contributed by atoms with van der Waals surface area (Å²) in [5, 5.41) is 58.4. The first-order chi connectivity index (χ1) is 11.7. The topological polar surface area (TPSA) is 166 Å². The van der Waals surface area contributed by atoms with Gasteiger partial charge >= 0.3 is 5.97 Å². The van der Waals surface area contributed by atoms with Gasteiger partial charge in [0.2, 0.25) is 5.75 Å². The number of aromatic hydroxyl groups is 1. The Morgan fingerprint density at radius 1 is 0.840 bits per heavy atom. The third kappa shape index (κ3) is 3.48. The van der Waals surface area contributed by atoms with Gasteiger partial charge in [0.1, 0.15) is 30.5 Å². The van der Waals surface area contributed by atoms with Crippen LogP contribution in [0.25, 0.3) is 0 Å². The Bertz CT molecular complexity index is 592. The van der Waals surface area contributed by atoms with Crippen LogP contribution in [-0.4, -0.2) is 87.5 Å². The van der Waals surface area contributed by atoms with Crippen molar-refractivity contribution in [1.29, 1.82) is 0 Å². The van der Waals surface area contributed by atoms with Gasteiger partial charge in [0.05, 0.1) is 19.8 Å². The summed E-state index contributed by atoms with van der Waals surface area (Å²) in [6.07, 6.45) is -10.8. The summed E-state index contributed by atoms with van der Waals surface area (Å²) in [6, 6.07) is 2.28. The molecule has 10 nitrogen and oxygen atoms in total. The molecule has 0 radical (unpaired) electrons. The van der Waals surface area contributed by atoms with Crippen LogP contribution in [0, 0.1) is 0 Å². The van der Waals surface area contributed by atoms with Gasteiger partial charge in [-0.25, -0.2) is 4.79 Å². The summed E-state index contributed by atoms with van der Waals surface area (Å²) in [5.74, 6) is -1.54. The number of hydrogen-bond acceptors (Lipinski definition) is 10. The first kappa shape index (κ1) is 19.2. The van der Waals surface area contributed by atoms with Crippen molar-refractivity contribution in [2.24, 2.45) is 0 Å². The average Bonchev–Trinajstić information content (AvgIpc) is 2.61. The Morgan fingerprint density at radius 2 is 1.24 bits per heavy atom. The quantitative estimate of drug-likeness (QED) is 0.323. The van der Waals surface area contributed by atoms with E-state index in [-0.39, 0.29) is 22.8 Å². The predicted octanol–water partition coefficient (Wildman–Crippen LogP) is -2.25. The molecule has 0 bridgehead atoms. The van der Waals surface area contributed by atoms with E-state index >= 15 is 0 Å². The van der Waals surface area contributed by atoms with Gasteiger partial charge in [0.25, 0.3) is 0 Å². The molecular weight excluding hydrogens is 340 g/mol. The average molecular weight is 360 g/mol. The lowest BCUT2D eigenvalue weighted by atomic mass is 9.85. The van der Waals surface area contributed by atoms with Crippen LogP contribution in [0.2, 0.25) is 0 Å². The maximum absolute atomic E-state index is 12.3. The molecule has 2 rings (SSSR count). The van der Waals surface area contributed by atoms with Gasteiger partial charge in [0, 0.05) is 0 Å². The summed E-state index contributed by atoms with van der Waals surface area (Å²) in [7, 11) is 2.51. The van der Waals surface area contributed by atoms with E-state index in [1.54, 1.807) is 0 Å². The highest BCUT2D eigenvalue weighted by atomic mass is 16.6. The minimum Gasteiger partial charge on any atom is -0.502 e. The molecule has 25 heavy (non-hydrogen) atoms. The molecule has 0 aromatic heterocycles. The molecule has 4 unspecified atom stereocenters. The molecule has 1 fully saturated rings. The lowest BCUT2D eigenvalue weighted by Crippen LogP contribution is -2.64. The third-order valence-corrected chi connectivity index (χ3v) is 4.03. The molecule has 1 aliphatic rings. The number of aliphatic hydroxyl groups is 5. The Morgan fingerprint density at radius 3 is 1.64 bits per heavy atom. The number of carbonyl (C=O) groups is 1. The molecule has 1 aromatic rings. The first-order valence-corrected chi connectivity index (χ1v) is 7.29. The standard InChI is InChI=1S/C15H20O10/c1-23-6-3-5(4-7(24-2)8(6)16)15(22)25-14-12(20)10(18)9(17)11(19)13(14)21/h3-4,9-14,16-21H,1-2H3. The smallest absolute Gasteiger partial charge is 0.338 e. The summed E-state index contributed by atoms with van der Waals surface area (Å²) in [4.78, 5) is 12.3. The number of hydrogen-bond donors (Lipinski definition) is 6. The van der Waals surface area contributed by atoms with Crippen molar-refractivity contribution in [2.45, 2.75) is 36.6 Å². The van der Waals surface area contributed by atoms with E-state index in [1.165, 1.54) is 14.2 Å². The van der Waals surface area contributed by atoms with Crippen LogP contribution < -0.4 is 9.47 Å². The number of rotatable bonds is 4. The summed E-state index contributed by atoms with van der Waals surface area (Å²) in [5.41, 5.74) is -0.138. The monoisotopic (exact) mass is 360 g/mol. The van der Waals surface area contributed by atoms with Crippen molar-refractivity contribution >= 4 is 5.97 Å². The number of benzene rings is 1. The van der Waals surface area contributed by atoms with Crippen LogP contribution in [0.4, 0.5) is 0 Å². The van der Waals surface area contributed by atoms with E-state index in [0.717, 1.165) is 12.1 Å². The lowest BCUT2D eigenvalue weighted by molar-refractivity contribution is -0.223. The highest BCUT2D eigenvalue weighted by molar-refractivity contribution is 5.91. The Kier molecular flexibility index (Phi) is 5.70. The lowest BCUT2D eigenvalue weighted by Gasteiger charge is -2.41. The zero-order valence-corrected chi connectivity index (χ0v) is 13.4. The second-order valence-corrected chi connectivity index (χ2v) is 5.55. The molecular formula is C15H20O10. The second-order valence-electron chi connectivity index (χ2n) is 5.55. The zero-order valence-electron chi connectivity index (χ0n) is 13.4. The maximum Gasteiger partial charge on any atom is 0.338 e. The van der Waals surface area contributed by atoms with Gasteiger partial charge in [-0.3, -0.25) is 0 Å². The van der Waals surface area contributed by atoms with Gasteiger partial charge in [-0.1, -0.05) is 0 Å². The van der Waals surface area contributed by atoms with E-state index in [1.807, 2.05) is 0 Å². The summed E-state index contributed by atoms with van der Waals surface area (Å²) in [6.45, 7) is 0. The fourth-order valence-electron chi connectivity index (χ4n) is 2.54. The van der Waals surface area contributed by atoms with Crippen LogP contribution in [0.5, 0.6) is 17.2 Å². The van der Waals surface area contributed by atoms with Crippen LogP contribution in [0.1, 0.15) is 10.4 Å². The molecule has 0 heterocycles. The maximum atomic E-state index is 12.3. The predicted molar refractivity (Wildman–Crippen MR) is 80.4 cm³/mol. The van der Waals surface area contributed by atoms with E-state index in [0.29, 0.717) is 0 Å². The molecule has 6 N–H and O–H groups in total. The molecule has 4 atom stereocenters. The summed E-state index contributed by atoms with van der Waals surface area (Å²) >= 11 is 0. The molecule has 140 valence electrons. The number of esters is 1. The number of phenolic OH excluding ortho intramolecular Hbond substituents is 1. The van der Waals surface area contributed by atoms with Crippen LogP contribution >= 0.6 is 0 Å².